The highest BCUT2D eigenvalue weighted by Crippen LogP contribution is 2.20. The Morgan fingerprint density at radius 2 is 2.10 bits per heavy atom. The first kappa shape index (κ1) is 15.0. The first-order chi connectivity index (χ1) is 9.83. The maximum atomic E-state index is 5.58. The maximum absolute atomic E-state index is 5.58. The third-order valence-electron chi connectivity index (χ3n) is 2.65. The van der Waals surface area contributed by atoms with Gasteiger partial charge in [0.05, 0.1) is 6.61 Å². The third kappa shape index (κ3) is 4.31. The van der Waals surface area contributed by atoms with E-state index >= 15 is 0 Å². The van der Waals surface area contributed by atoms with Gasteiger partial charge in [-0.2, -0.15) is 11.3 Å². The standard InChI is InChI=1S/C15H18O4S/c1-16-15(17-2)14-6-5-13(19-14)10-18-8-3-4-12-7-9-20-11-12/h3-7,9,11,15H,8,10H2,1-2H3. The molecule has 108 valence electrons. The second-order valence-corrected chi connectivity index (χ2v) is 4.86. The summed E-state index contributed by atoms with van der Waals surface area (Å²) in [6.45, 7) is 0.970. The Labute approximate surface area is 122 Å². The molecular formula is C15H18O4S. The summed E-state index contributed by atoms with van der Waals surface area (Å²) < 4.78 is 21.3. The predicted molar refractivity (Wildman–Crippen MR) is 78.5 cm³/mol. The van der Waals surface area contributed by atoms with E-state index in [1.165, 1.54) is 5.56 Å². The first-order valence-electron chi connectivity index (χ1n) is 6.24. The molecule has 0 N–H and O–H groups in total. The van der Waals surface area contributed by atoms with Crippen LogP contribution in [-0.4, -0.2) is 20.8 Å². The van der Waals surface area contributed by atoms with E-state index in [1.807, 2.05) is 29.7 Å². The SMILES string of the molecule is COC(OC)c1ccc(COCC=Cc2ccsc2)o1. The largest absolute Gasteiger partial charge is 0.458 e. The minimum Gasteiger partial charge on any atom is -0.458 e. The molecule has 0 aliphatic carbocycles. The smallest absolute Gasteiger partial charge is 0.216 e. The summed E-state index contributed by atoms with van der Waals surface area (Å²) in [5.74, 6) is 1.39. The minimum atomic E-state index is -0.470. The van der Waals surface area contributed by atoms with Crippen LogP contribution in [-0.2, 0) is 20.8 Å². The van der Waals surface area contributed by atoms with Crippen molar-refractivity contribution in [3.63, 3.8) is 0 Å². The summed E-state index contributed by atoms with van der Waals surface area (Å²) in [4.78, 5) is 0. The van der Waals surface area contributed by atoms with Crippen LogP contribution in [0.5, 0.6) is 0 Å². The molecule has 0 fully saturated rings. The van der Waals surface area contributed by atoms with Gasteiger partial charge in [0.25, 0.3) is 0 Å². The average molecular weight is 294 g/mol. The Morgan fingerprint density at radius 1 is 1.25 bits per heavy atom. The molecule has 0 saturated heterocycles. The van der Waals surface area contributed by atoms with E-state index in [-0.39, 0.29) is 0 Å². The van der Waals surface area contributed by atoms with E-state index in [2.05, 4.69) is 11.4 Å². The molecule has 2 aromatic heterocycles. The molecule has 2 rings (SSSR count). The van der Waals surface area contributed by atoms with Crippen molar-refractivity contribution in [2.45, 2.75) is 12.9 Å². The van der Waals surface area contributed by atoms with E-state index in [0.717, 1.165) is 5.76 Å². The molecule has 2 heterocycles. The zero-order valence-electron chi connectivity index (χ0n) is 11.6. The van der Waals surface area contributed by atoms with Gasteiger partial charge in [-0.1, -0.05) is 12.2 Å². The van der Waals surface area contributed by atoms with Crippen molar-refractivity contribution in [2.24, 2.45) is 0 Å². The molecule has 0 radical (unpaired) electrons. The fourth-order valence-corrected chi connectivity index (χ4v) is 2.34. The number of hydrogen-bond donors (Lipinski definition) is 0. The normalized spacial score (nSPS) is 11.8. The van der Waals surface area contributed by atoms with Gasteiger partial charge in [0.1, 0.15) is 12.4 Å². The Bertz CT molecular complexity index is 512. The van der Waals surface area contributed by atoms with Gasteiger partial charge in [0.15, 0.2) is 5.76 Å². The molecule has 0 unspecified atom stereocenters. The molecule has 0 aromatic carbocycles. The molecule has 0 atom stereocenters. The maximum Gasteiger partial charge on any atom is 0.216 e. The highest BCUT2D eigenvalue weighted by atomic mass is 32.1. The van der Waals surface area contributed by atoms with Gasteiger partial charge in [0.2, 0.25) is 6.29 Å². The lowest BCUT2D eigenvalue weighted by Crippen LogP contribution is -2.01. The summed E-state index contributed by atoms with van der Waals surface area (Å²) in [6, 6.07) is 5.76. The monoisotopic (exact) mass is 294 g/mol. The van der Waals surface area contributed by atoms with Gasteiger partial charge in [0, 0.05) is 14.2 Å². The number of hydrogen-bond acceptors (Lipinski definition) is 5. The Hall–Kier alpha value is -1.40. The first-order valence-corrected chi connectivity index (χ1v) is 7.18. The summed E-state index contributed by atoms with van der Waals surface area (Å²) in [5, 5.41) is 4.14. The van der Waals surface area contributed by atoms with Crippen molar-refractivity contribution < 1.29 is 18.6 Å². The number of thiophene rings is 1. The molecule has 0 aliphatic rings. The molecule has 5 heteroatoms. The van der Waals surface area contributed by atoms with E-state index in [4.69, 9.17) is 18.6 Å². The number of rotatable bonds is 8. The second-order valence-electron chi connectivity index (χ2n) is 4.08. The zero-order valence-corrected chi connectivity index (χ0v) is 12.4. The highest BCUT2D eigenvalue weighted by molar-refractivity contribution is 7.08. The predicted octanol–water partition coefficient (Wildman–Crippen LogP) is 3.86. The number of furan rings is 1. The molecule has 0 aliphatic heterocycles. The molecule has 20 heavy (non-hydrogen) atoms. The summed E-state index contributed by atoms with van der Waals surface area (Å²) >= 11 is 1.68. The van der Waals surface area contributed by atoms with Crippen molar-refractivity contribution in [2.75, 3.05) is 20.8 Å². The van der Waals surface area contributed by atoms with Gasteiger partial charge in [-0.15, -0.1) is 0 Å². The lowest BCUT2D eigenvalue weighted by atomic mass is 10.3. The lowest BCUT2D eigenvalue weighted by Gasteiger charge is -2.09. The Morgan fingerprint density at radius 3 is 2.80 bits per heavy atom. The Kier molecular flexibility index (Phi) is 6.01. The van der Waals surface area contributed by atoms with Crippen LogP contribution in [0.2, 0.25) is 0 Å². The van der Waals surface area contributed by atoms with Crippen molar-refractivity contribution in [1.29, 1.82) is 0 Å². The Balaban J connectivity index is 1.74. The van der Waals surface area contributed by atoms with Crippen molar-refractivity contribution in [1.82, 2.24) is 0 Å². The van der Waals surface area contributed by atoms with Crippen LogP contribution < -0.4 is 0 Å². The van der Waals surface area contributed by atoms with Crippen LogP contribution in [0, 0.1) is 0 Å². The molecule has 4 nitrogen and oxygen atoms in total. The molecule has 0 amide bonds. The van der Waals surface area contributed by atoms with Crippen molar-refractivity contribution >= 4 is 17.4 Å². The fraction of sp³-hybridized carbons (Fsp3) is 0.333. The second kappa shape index (κ2) is 8.01. The van der Waals surface area contributed by atoms with Crippen LogP contribution >= 0.6 is 11.3 Å². The topological polar surface area (TPSA) is 40.8 Å². The van der Waals surface area contributed by atoms with Crippen LogP contribution in [0.3, 0.4) is 0 Å². The summed E-state index contributed by atoms with van der Waals surface area (Å²) in [5.41, 5.74) is 1.20. The summed E-state index contributed by atoms with van der Waals surface area (Å²) in [6.07, 6.45) is 3.55. The van der Waals surface area contributed by atoms with Crippen molar-refractivity contribution in [3.05, 3.63) is 52.1 Å². The van der Waals surface area contributed by atoms with E-state index < -0.39 is 6.29 Å². The van der Waals surface area contributed by atoms with Gasteiger partial charge in [-0.25, -0.2) is 0 Å². The number of methoxy groups -OCH3 is 2. The van der Waals surface area contributed by atoms with Crippen LogP contribution in [0.1, 0.15) is 23.4 Å². The van der Waals surface area contributed by atoms with Gasteiger partial charge >= 0.3 is 0 Å². The van der Waals surface area contributed by atoms with Crippen LogP contribution in [0.4, 0.5) is 0 Å². The third-order valence-corrected chi connectivity index (χ3v) is 3.36. The van der Waals surface area contributed by atoms with E-state index in [9.17, 15) is 0 Å². The number of ether oxygens (including phenoxy) is 3. The quantitative estimate of drug-likeness (QED) is 0.547. The van der Waals surface area contributed by atoms with Crippen LogP contribution in [0.25, 0.3) is 6.08 Å². The molecule has 2 aromatic rings. The highest BCUT2D eigenvalue weighted by Gasteiger charge is 2.13. The van der Waals surface area contributed by atoms with Crippen LogP contribution in [0.15, 0.2) is 39.5 Å². The summed E-state index contributed by atoms with van der Waals surface area (Å²) in [7, 11) is 3.14. The molecule has 0 saturated carbocycles. The van der Waals surface area contributed by atoms with Gasteiger partial charge < -0.3 is 18.6 Å². The van der Waals surface area contributed by atoms with E-state index in [1.54, 1.807) is 25.6 Å². The van der Waals surface area contributed by atoms with Gasteiger partial charge in [-0.05, 0) is 34.5 Å². The minimum absolute atomic E-state index is 0.425. The van der Waals surface area contributed by atoms with Gasteiger partial charge in [-0.3, -0.25) is 0 Å². The fourth-order valence-electron chi connectivity index (χ4n) is 1.71. The molecule has 0 spiro atoms. The van der Waals surface area contributed by atoms with E-state index in [0.29, 0.717) is 19.0 Å². The van der Waals surface area contributed by atoms with Crippen molar-refractivity contribution in [3.8, 4) is 0 Å². The average Bonchev–Trinajstić information content (AvgIpc) is 3.12. The zero-order chi connectivity index (χ0) is 14.2. The molecule has 0 bridgehead atoms. The lowest BCUT2D eigenvalue weighted by molar-refractivity contribution is -0.118. The molecular weight excluding hydrogens is 276 g/mol.